The Morgan fingerprint density at radius 1 is 1.50 bits per heavy atom. The average Bonchev–Trinajstić information content (AvgIpc) is 2.79. The van der Waals surface area contributed by atoms with E-state index in [0.717, 1.165) is 25.0 Å². The molecule has 1 aliphatic rings. The number of hydrogen-bond donors (Lipinski definition) is 1. The van der Waals surface area contributed by atoms with E-state index >= 15 is 0 Å². The number of aromatic nitrogens is 2. The summed E-state index contributed by atoms with van der Waals surface area (Å²) in [6, 6.07) is 0.313. The van der Waals surface area contributed by atoms with Crippen LogP contribution in [0.4, 0.5) is 4.79 Å². The molecule has 88 valence electrons. The zero-order valence-electron chi connectivity index (χ0n) is 9.78. The number of nitrogens with zero attached hydrogens (tertiary/aromatic N) is 2. The second kappa shape index (κ2) is 5.14. The number of hydrogen-bond acceptors (Lipinski definition) is 2. The average molecular weight is 221 g/mol. The molecule has 4 heteroatoms. The smallest absolute Gasteiger partial charge is 0.327 e. The molecule has 0 atom stereocenters. The molecule has 1 aromatic rings. The van der Waals surface area contributed by atoms with Crippen molar-refractivity contribution in [3.8, 4) is 0 Å². The van der Waals surface area contributed by atoms with E-state index in [-0.39, 0.29) is 6.03 Å². The second-order valence-electron chi connectivity index (χ2n) is 4.41. The van der Waals surface area contributed by atoms with E-state index in [9.17, 15) is 4.79 Å². The van der Waals surface area contributed by atoms with Crippen molar-refractivity contribution in [2.24, 2.45) is 0 Å². The Bertz CT molecular complexity index is 353. The Kier molecular flexibility index (Phi) is 3.59. The normalized spacial score (nSPS) is 17.3. The molecule has 16 heavy (non-hydrogen) atoms. The van der Waals surface area contributed by atoms with Crippen molar-refractivity contribution in [3.05, 3.63) is 18.2 Å². The van der Waals surface area contributed by atoms with E-state index in [4.69, 9.17) is 0 Å². The molecule has 0 spiro atoms. The van der Waals surface area contributed by atoms with Crippen LogP contribution in [-0.2, 0) is 6.42 Å². The van der Waals surface area contributed by atoms with Crippen molar-refractivity contribution in [1.82, 2.24) is 14.9 Å². The van der Waals surface area contributed by atoms with Gasteiger partial charge in [0.05, 0.1) is 5.69 Å². The summed E-state index contributed by atoms with van der Waals surface area (Å²) in [7, 11) is 0. The molecular weight excluding hydrogens is 202 g/mol. The van der Waals surface area contributed by atoms with E-state index in [0.29, 0.717) is 6.04 Å². The topological polar surface area (TPSA) is 46.9 Å². The zero-order valence-corrected chi connectivity index (χ0v) is 9.78. The van der Waals surface area contributed by atoms with Gasteiger partial charge in [0.15, 0.2) is 0 Å². The van der Waals surface area contributed by atoms with Crippen LogP contribution in [-0.4, -0.2) is 21.6 Å². The van der Waals surface area contributed by atoms with E-state index in [2.05, 4.69) is 10.3 Å². The minimum Gasteiger partial charge on any atom is -0.335 e. The van der Waals surface area contributed by atoms with Crippen LogP contribution in [0.5, 0.6) is 0 Å². The maximum absolute atomic E-state index is 11.9. The van der Waals surface area contributed by atoms with Gasteiger partial charge in [-0.15, -0.1) is 0 Å². The summed E-state index contributed by atoms with van der Waals surface area (Å²) < 4.78 is 1.55. The predicted octanol–water partition coefficient (Wildman–Crippen LogP) is 2.34. The quantitative estimate of drug-likeness (QED) is 0.833. The van der Waals surface area contributed by atoms with Crippen molar-refractivity contribution >= 4 is 6.03 Å². The minimum absolute atomic E-state index is 0.0425. The molecule has 0 aromatic carbocycles. The van der Waals surface area contributed by atoms with Crippen LogP contribution in [0.15, 0.2) is 12.5 Å². The Morgan fingerprint density at radius 3 is 2.88 bits per heavy atom. The summed E-state index contributed by atoms with van der Waals surface area (Å²) in [6.07, 6.45) is 10.3. The van der Waals surface area contributed by atoms with Gasteiger partial charge in [0.2, 0.25) is 0 Å². The number of nitrogens with one attached hydrogen (secondary N) is 1. The van der Waals surface area contributed by atoms with Crippen LogP contribution in [0, 0.1) is 0 Å². The molecule has 1 fully saturated rings. The van der Waals surface area contributed by atoms with Crippen molar-refractivity contribution in [2.75, 3.05) is 0 Å². The standard InChI is InChI=1S/C12H19N3O/c1-2-10-8-15(9-13-10)12(16)14-11-6-4-3-5-7-11/h8-9,11H,2-7H2,1H3,(H,14,16). The lowest BCUT2D eigenvalue weighted by molar-refractivity contribution is 0.234. The molecule has 4 nitrogen and oxygen atoms in total. The van der Waals surface area contributed by atoms with Crippen molar-refractivity contribution in [3.63, 3.8) is 0 Å². The first-order chi connectivity index (χ1) is 7.79. The van der Waals surface area contributed by atoms with Gasteiger partial charge in [-0.25, -0.2) is 9.78 Å². The van der Waals surface area contributed by atoms with Gasteiger partial charge < -0.3 is 5.32 Å². The number of amides is 1. The monoisotopic (exact) mass is 221 g/mol. The summed E-state index contributed by atoms with van der Waals surface area (Å²) in [5, 5.41) is 3.06. The summed E-state index contributed by atoms with van der Waals surface area (Å²) in [6.45, 7) is 2.03. The highest BCUT2D eigenvalue weighted by Gasteiger charge is 2.16. The molecule has 0 aliphatic heterocycles. The lowest BCUT2D eigenvalue weighted by Crippen LogP contribution is -2.38. The first-order valence-electron chi connectivity index (χ1n) is 6.13. The number of imidazole rings is 1. The molecule has 1 heterocycles. The fourth-order valence-electron chi connectivity index (χ4n) is 2.15. The van der Waals surface area contributed by atoms with Gasteiger partial charge in [0.1, 0.15) is 6.33 Å². The molecular formula is C12H19N3O. The molecule has 1 N–H and O–H groups in total. The van der Waals surface area contributed by atoms with Gasteiger partial charge in [0, 0.05) is 12.2 Å². The van der Waals surface area contributed by atoms with Crippen LogP contribution < -0.4 is 5.32 Å². The van der Waals surface area contributed by atoms with Crippen molar-refractivity contribution in [2.45, 2.75) is 51.5 Å². The largest absolute Gasteiger partial charge is 0.335 e. The summed E-state index contributed by atoms with van der Waals surface area (Å²) in [5.41, 5.74) is 0.957. The van der Waals surface area contributed by atoms with Crippen LogP contribution in [0.25, 0.3) is 0 Å². The lowest BCUT2D eigenvalue weighted by Gasteiger charge is -2.22. The highest BCUT2D eigenvalue weighted by atomic mass is 16.2. The fourth-order valence-corrected chi connectivity index (χ4v) is 2.15. The van der Waals surface area contributed by atoms with Crippen LogP contribution >= 0.6 is 0 Å². The minimum atomic E-state index is -0.0425. The van der Waals surface area contributed by atoms with Gasteiger partial charge >= 0.3 is 6.03 Å². The molecule has 0 radical (unpaired) electrons. The number of rotatable bonds is 2. The van der Waals surface area contributed by atoms with Gasteiger partial charge in [-0.3, -0.25) is 4.57 Å². The second-order valence-corrected chi connectivity index (χ2v) is 4.41. The SMILES string of the molecule is CCc1cn(C(=O)NC2CCCCC2)cn1. The predicted molar refractivity (Wildman–Crippen MR) is 62.4 cm³/mol. The van der Waals surface area contributed by atoms with Gasteiger partial charge in [0.25, 0.3) is 0 Å². The third-order valence-electron chi connectivity index (χ3n) is 3.17. The fraction of sp³-hybridized carbons (Fsp3) is 0.667. The summed E-state index contributed by atoms with van der Waals surface area (Å²) >= 11 is 0. The molecule has 0 bridgehead atoms. The van der Waals surface area contributed by atoms with Gasteiger partial charge in [-0.1, -0.05) is 26.2 Å². The Labute approximate surface area is 96.1 Å². The number of carbonyl (C=O) groups excluding carboxylic acids is 1. The van der Waals surface area contributed by atoms with E-state index in [1.54, 1.807) is 17.1 Å². The molecule has 0 unspecified atom stereocenters. The molecule has 1 aromatic heterocycles. The van der Waals surface area contributed by atoms with Crippen LogP contribution in [0.1, 0.15) is 44.7 Å². The molecule has 0 saturated heterocycles. The highest BCUT2D eigenvalue weighted by molar-refractivity contribution is 5.76. The van der Waals surface area contributed by atoms with Crippen molar-refractivity contribution < 1.29 is 4.79 Å². The molecule has 2 rings (SSSR count). The van der Waals surface area contributed by atoms with E-state index < -0.39 is 0 Å². The lowest BCUT2D eigenvalue weighted by atomic mass is 9.96. The maximum atomic E-state index is 11.9. The summed E-state index contributed by atoms with van der Waals surface area (Å²) in [5.74, 6) is 0. The molecule has 1 amide bonds. The van der Waals surface area contributed by atoms with Crippen LogP contribution in [0.2, 0.25) is 0 Å². The van der Waals surface area contributed by atoms with Crippen LogP contribution in [0.3, 0.4) is 0 Å². The van der Waals surface area contributed by atoms with Crippen molar-refractivity contribution in [1.29, 1.82) is 0 Å². The third kappa shape index (κ3) is 2.62. The van der Waals surface area contributed by atoms with Gasteiger partial charge in [-0.05, 0) is 19.3 Å². The number of carbonyl (C=O) groups is 1. The maximum Gasteiger partial charge on any atom is 0.327 e. The zero-order chi connectivity index (χ0) is 11.4. The Hall–Kier alpha value is -1.32. The Balaban J connectivity index is 1.91. The first-order valence-corrected chi connectivity index (χ1v) is 6.13. The van der Waals surface area contributed by atoms with E-state index in [1.807, 2.05) is 6.92 Å². The molecule has 1 saturated carbocycles. The van der Waals surface area contributed by atoms with Gasteiger partial charge in [-0.2, -0.15) is 0 Å². The van der Waals surface area contributed by atoms with E-state index in [1.165, 1.54) is 19.3 Å². The first kappa shape index (κ1) is 11.2. The third-order valence-corrected chi connectivity index (χ3v) is 3.17. The number of aryl methyl sites for hydroxylation is 1. The summed E-state index contributed by atoms with van der Waals surface area (Å²) in [4.78, 5) is 16.0. The highest BCUT2D eigenvalue weighted by Crippen LogP contribution is 2.17. The Morgan fingerprint density at radius 2 is 2.25 bits per heavy atom. The molecule has 1 aliphatic carbocycles.